The smallest absolute Gasteiger partial charge is 0.240 e. The third-order valence-corrected chi connectivity index (χ3v) is 6.61. The first-order chi connectivity index (χ1) is 11.8. The van der Waals surface area contributed by atoms with Crippen LogP contribution in [0.3, 0.4) is 0 Å². The van der Waals surface area contributed by atoms with Crippen LogP contribution in [0.5, 0.6) is 0 Å². The van der Waals surface area contributed by atoms with Gasteiger partial charge in [-0.15, -0.1) is 0 Å². The Kier molecular flexibility index (Phi) is 3.46. The molecule has 1 aromatic carbocycles. The number of ether oxygens (including phenoxy) is 1. The van der Waals surface area contributed by atoms with Crippen molar-refractivity contribution in [2.75, 3.05) is 26.3 Å². The molecule has 5 rings (SSSR count). The molecule has 128 valence electrons. The maximum Gasteiger partial charge on any atom is 0.240 e. The highest BCUT2D eigenvalue weighted by Gasteiger charge is 2.58. The van der Waals surface area contributed by atoms with Crippen LogP contribution in [-0.4, -0.2) is 54.1 Å². The van der Waals surface area contributed by atoms with Gasteiger partial charge in [-0.2, -0.15) is 0 Å². The molecule has 1 amide bonds. The number of hydrogen-bond acceptors (Lipinski definition) is 3. The van der Waals surface area contributed by atoms with Crippen molar-refractivity contribution in [3.05, 3.63) is 35.9 Å². The summed E-state index contributed by atoms with van der Waals surface area (Å²) < 4.78 is 5.63. The second-order valence-corrected chi connectivity index (χ2v) is 8.03. The van der Waals surface area contributed by atoms with E-state index in [0.29, 0.717) is 23.4 Å². The summed E-state index contributed by atoms with van der Waals surface area (Å²) >= 11 is 0. The van der Waals surface area contributed by atoms with Crippen molar-refractivity contribution < 1.29 is 9.53 Å². The fraction of sp³-hybridized carbons (Fsp3) is 0.650. The standard InChI is InChI=1S/C20H26N2O2/c23-19-17(8-11-21(19)16-6-7-16)22-14-20(9-12-24-13-10-20)18(22)15-4-2-1-3-5-15/h1-5,16-18H,6-14H2. The summed E-state index contributed by atoms with van der Waals surface area (Å²) in [5, 5.41) is 0. The zero-order valence-electron chi connectivity index (χ0n) is 14.2. The molecule has 4 nitrogen and oxygen atoms in total. The van der Waals surface area contributed by atoms with E-state index in [1.807, 2.05) is 0 Å². The first kappa shape index (κ1) is 14.9. The van der Waals surface area contributed by atoms with Gasteiger partial charge in [0.05, 0.1) is 6.04 Å². The maximum absolute atomic E-state index is 12.9. The first-order valence-corrected chi connectivity index (χ1v) is 9.47. The van der Waals surface area contributed by atoms with Crippen LogP contribution >= 0.6 is 0 Å². The van der Waals surface area contributed by atoms with E-state index in [0.717, 1.165) is 45.6 Å². The molecule has 2 atom stereocenters. The normalized spacial score (nSPS) is 33.0. The van der Waals surface area contributed by atoms with Crippen LogP contribution in [0.4, 0.5) is 0 Å². The molecule has 4 heteroatoms. The van der Waals surface area contributed by atoms with Crippen LogP contribution in [0.25, 0.3) is 0 Å². The summed E-state index contributed by atoms with van der Waals surface area (Å²) in [4.78, 5) is 17.6. The van der Waals surface area contributed by atoms with Gasteiger partial charge in [-0.05, 0) is 37.7 Å². The molecule has 1 saturated carbocycles. The van der Waals surface area contributed by atoms with Crippen molar-refractivity contribution in [3.8, 4) is 0 Å². The van der Waals surface area contributed by atoms with Gasteiger partial charge in [0.1, 0.15) is 0 Å². The fourth-order valence-electron chi connectivity index (χ4n) is 5.20. The van der Waals surface area contributed by atoms with Gasteiger partial charge < -0.3 is 9.64 Å². The van der Waals surface area contributed by atoms with Gasteiger partial charge >= 0.3 is 0 Å². The quantitative estimate of drug-likeness (QED) is 0.856. The molecule has 0 aromatic heterocycles. The Morgan fingerprint density at radius 2 is 1.79 bits per heavy atom. The minimum atomic E-state index is 0.101. The van der Waals surface area contributed by atoms with Gasteiger partial charge in [0.25, 0.3) is 0 Å². The lowest BCUT2D eigenvalue weighted by Crippen LogP contribution is -2.64. The Hall–Kier alpha value is -1.39. The number of nitrogens with zero attached hydrogens (tertiary/aromatic N) is 2. The molecule has 3 aliphatic heterocycles. The summed E-state index contributed by atoms with van der Waals surface area (Å²) in [6, 6.07) is 11.9. The number of rotatable bonds is 3. The molecular weight excluding hydrogens is 300 g/mol. The minimum absolute atomic E-state index is 0.101. The molecular formula is C20H26N2O2. The van der Waals surface area contributed by atoms with Crippen LogP contribution in [0.2, 0.25) is 0 Å². The highest BCUT2D eigenvalue weighted by atomic mass is 16.5. The fourth-order valence-corrected chi connectivity index (χ4v) is 5.20. The van der Waals surface area contributed by atoms with Crippen molar-refractivity contribution in [2.24, 2.45) is 5.41 Å². The van der Waals surface area contributed by atoms with E-state index in [1.165, 1.54) is 18.4 Å². The Morgan fingerprint density at radius 3 is 2.50 bits per heavy atom. The molecule has 4 aliphatic rings. The van der Waals surface area contributed by atoms with E-state index in [1.54, 1.807) is 0 Å². The van der Waals surface area contributed by atoms with Gasteiger partial charge in [-0.3, -0.25) is 9.69 Å². The Morgan fingerprint density at radius 1 is 1.04 bits per heavy atom. The van der Waals surface area contributed by atoms with Crippen molar-refractivity contribution >= 4 is 5.91 Å². The maximum atomic E-state index is 12.9. The zero-order chi connectivity index (χ0) is 16.1. The molecule has 1 aromatic rings. The first-order valence-electron chi connectivity index (χ1n) is 9.47. The van der Waals surface area contributed by atoms with E-state index in [-0.39, 0.29) is 6.04 Å². The Labute approximate surface area is 143 Å². The van der Waals surface area contributed by atoms with Gasteiger partial charge in [0.15, 0.2) is 0 Å². The molecule has 0 radical (unpaired) electrons. The SMILES string of the molecule is O=C1C(N2CC3(CCOCC3)C2c2ccccc2)CCN1C1CC1. The summed E-state index contributed by atoms with van der Waals surface area (Å²) in [6.45, 7) is 3.75. The van der Waals surface area contributed by atoms with E-state index >= 15 is 0 Å². The number of likely N-dealkylation sites (tertiary alicyclic amines) is 2. The Balaban J connectivity index is 1.42. The van der Waals surface area contributed by atoms with Crippen LogP contribution in [0, 0.1) is 5.41 Å². The van der Waals surface area contributed by atoms with Crippen LogP contribution < -0.4 is 0 Å². The molecule has 0 bridgehead atoms. The van der Waals surface area contributed by atoms with Crippen molar-refractivity contribution in [2.45, 2.75) is 50.2 Å². The average Bonchev–Trinajstić information content (AvgIpc) is 3.38. The van der Waals surface area contributed by atoms with E-state index in [2.05, 4.69) is 40.1 Å². The second-order valence-electron chi connectivity index (χ2n) is 8.03. The van der Waals surface area contributed by atoms with E-state index in [4.69, 9.17) is 4.74 Å². The highest BCUT2D eigenvalue weighted by molar-refractivity contribution is 5.84. The topological polar surface area (TPSA) is 32.8 Å². The second kappa shape index (κ2) is 5.57. The molecule has 3 heterocycles. The van der Waals surface area contributed by atoms with E-state index in [9.17, 15) is 4.79 Å². The van der Waals surface area contributed by atoms with Gasteiger partial charge in [0.2, 0.25) is 5.91 Å². The molecule has 1 spiro atoms. The summed E-state index contributed by atoms with van der Waals surface area (Å²) in [5.41, 5.74) is 1.69. The summed E-state index contributed by atoms with van der Waals surface area (Å²) in [5.74, 6) is 0.389. The van der Waals surface area contributed by atoms with Crippen LogP contribution in [0.15, 0.2) is 30.3 Å². The van der Waals surface area contributed by atoms with Gasteiger partial charge in [-0.25, -0.2) is 0 Å². The number of benzene rings is 1. The molecule has 3 saturated heterocycles. The lowest BCUT2D eigenvalue weighted by Gasteiger charge is -2.61. The molecule has 4 fully saturated rings. The summed E-state index contributed by atoms with van der Waals surface area (Å²) in [6.07, 6.45) is 5.67. The van der Waals surface area contributed by atoms with Crippen LogP contribution in [0.1, 0.15) is 43.7 Å². The van der Waals surface area contributed by atoms with Crippen molar-refractivity contribution in [1.82, 2.24) is 9.80 Å². The lowest BCUT2D eigenvalue weighted by molar-refractivity contribution is -0.163. The number of carbonyl (C=O) groups excluding carboxylic acids is 1. The Bertz CT molecular complexity index is 622. The number of amides is 1. The average molecular weight is 326 g/mol. The van der Waals surface area contributed by atoms with E-state index < -0.39 is 0 Å². The predicted molar refractivity (Wildman–Crippen MR) is 91.5 cm³/mol. The molecule has 1 aliphatic carbocycles. The van der Waals surface area contributed by atoms with Gasteiger partial charge in [0, 0.05) is 43.8 Å². The molecule has 2 unspecified atom stereocenters. The third kappa shape index (κ3) is 2.23. The number of carbonyl (C=O) groups is 1. The summed E-state index contributed by atoms with van der Waals surface area (Å²) in [7, 11) is 0. The predicted octanol–water partition coefficient (Wildman–Crippen LogP) is 2.60. The zero-order valence-corrected chi connectivity index (χ0v) is 14.2. The van der Waals surface area contributed by atoms with Crippen molar-refractivity contribution in [3.63, 3.8) is 0 Å². The highest BCUT2D eigenvalue weighted by Crippen LogP contribution is 2.56. The largest absolute Gasteiger partial charge is 0.381 e. The lowest BCUT2D eigenvalue weighted by atomic mass is 9.63. The van der Waals surface area contributed by atoms with Crippen molar-refractivity contribution in [1.29, 1.82) is 0 Å². The number of hydrogen-bond donors (Lipinski definition) is 0. The molecule has 0 N–H and O–H groups in total. The monoisotopic (exact) mass is 326 g/mol. The minimum Gasteiger partial charge on any atom is -0.381 e. The van der Waals surface area contributed by atoms with Gasteiger partial charge in [-0.1, -0.05) is 30.3 Å². The molecule has 24 heavy (non-hydrogen) atoms. The van der Waals surface area contributed by atoms with Crippen LogP contribution in [-0.2, 0) is 9.53 Å². The third-order valence-electron chi connectivity index (χ3n) is 6.61.